The van der Waals surface area contributed by atoms with Crippen molar-refractivity contribution in [3.63, 3.8) is 0 Å². The average Bonchev–Trinajstić information content (AvgIpc) is 2.12. The Kier molecular flexibility index (Phi) is 6.09. The van der Waals surface area contributed by atoms with Gasteiger partial charge < -0.3 is 5.73 Å². The Hall–Kier alpha value is -0.300. The number of rotatable bonds is 6. The van der Waals surface area contributed by atoms with Crippen molar-refractivity contribution in [2.75, 3.05) is 6.54 Å². The van der Waals surface area contributed by atoms with Crippen LogP contribution < -0.4 is 5.73 Å². The molecular weight excluding hydrogens is 146 g/mol. The molecule has 12 heavy (non-hydrogen) atoms. The first-order chi connectivity index (χ1) is 5.65. The molecule has 0 saturated carbocycles. The van der Waals surface area contributed by atoms with Gasteiger partial charge in [-0.15, -0.1) is 6.58 Å². The molecule has 0 fully saturated rings. The first kappa shape index (κ1) is 11.7. The van der Waals surface area contributed by atoms with Gasteiger partial charge in [0.05, 0.1) is 0 Å². The smallest absolute Gasteiger partial charge is 0.00490 e. The first-order valence-electron chi connectivity index (χ1n) is 4.98. The fourth-order valence-corrected chi connectivity index (χ4v) is 1.37. The van der Waals surface area contributed by atoms with Gasteiger partial charge in [0.1, 0.15) is 0 Å². The summed E-state index contributed by atoms with van der Waals surface area (Å²) in [5.74, 6) is 2.03. The summed E-state index contributed by atoms with van der Waals surface area (Å²) in [7, 11) is 0. The van der Waals surface area contributed by atoms with E-state index in [0.29, 0.717) is 11.8 Å². The van der Waals surface area contributed by atoms with E-state index >= 15 is 0 Å². The Labute approximate surface area is 77.0 Å². The van der Waals surface area contributed by atoms with Gasteiger partial charge in [-0.1, -0.05) is 26.8 Å². The maximum atomic E-state index is 5.61. The fourth-order valence-electron chi connectivity index (χ4n) is 1.37. The second kappa shape index (κ2) is 6.24. The Morgan fingerprint density at radius 3 is 2.25 bits per heavy atom. The third kappa shape index (κ3) is 3.91. The molecule has 0 spiro atoms. The maximum Gasteiger partial charge on any atom is -0.00490 e. The zero-order valence-corrected chi connectivity index (χ0v) is 8.72. The van der Waals surface area contributed by atoms with Crippen LogP contribution in [0.25, 0.3) is 0 Å². The minimum Gasteiger partial charge on any atom is -0.330 e. The van der Waals surface area contributed by atoms with Crippen LogP contribution in [0.3, 0.4) is 0 Å². The summed E-state index contributed by atoms with van der Waals surface area (Å²) >= 11 is 0. The van der Waals surface area contributed by atoms with E-state index in [4.69, 9.17) is 5.73 Å². The van der Waals surface area contributed by atoms with Gasteiger partial charge in [0, 0.05) is 0 Å². The molecule has 0 saturated heterocycles. The van der Waals surface area contributed by atoms with Gasteiger partial charge in [0.25, 0.3) is 0 Å². The van der Waals surface area contributed by atoms with Crippen LogP contribution in [0, 0.1) is 17.8 Å². The van der Waals surface area contributed by atoms with E-state index in [1.807, 2.05) is 0 Å². The normalized spacial score (nSPS) is 18.3. The van der Waals surface area contributed by atoms with Crippen molar-refractivity contribution in [3.05, 3.63) is 12.7 Å². The lowest BCUT2D eigenvalue weighted by atomic mass is 9.86. The number of allylic oxidation sites excluding steroid dienone is 1. The lowest BCUT2D eigenvalue weighted by Gasteiger charge is -2.21. The average molecular weight is 169 g/mol. The van der Waals surface area contributed by atoms with E-state index in [1.165, 1.54) is 12.8 Å². The van der Waals surface area contributed by atoms with E-state index in [9.17, 15) is 0 Å². The molecule has 0 aliphatic rings. The molecule has 0 bridgehead atoms. The zero-order chi connectivity index (χ0) is 9.56. The van der Waals surface area contributed by atoms with Crippen LogP contribution in [0.2, 0.25) is 0 Å². The van der Waals surface area contributed by atoms with Gasteiger partial charge >= 0.3 is 0 Å². The summed E-state index contributed by atoms with van der Waals surface area (Å²) < 4.78 is 0. The second-order valence-electron chi connectivity index (χ2n) is 3.83. The summed E-state index contributed by atoms with van der Waals surface area (Å²) in [5.41, 5.74) is 5.61. The third-order valence-electron chi connectivity index (χ3n) is 2.88. The Balaban J connectivity index is 3.79. The minimum absolute atomic E-state index is 0.638. The summed E-state index contributed by atoms with van der Waals surface area (Å²) in [5, 5.41) is 0. The molecule has 3 atom stereocenters. The molecule has 0 aromatic carbocycles. The third-order valence-corrected chi connectivity index (χ3v) is 2.88. The molecule has 1 nitrogen and oxygen atoms in total. The highest BCUT2D eigenvalue weighted by atomic mass is 14.5. The van der Waals surface area contributed by atoms with Gasteiger partial charge in [0.15, 0.2) is 0 Å². The predicted octanol–water partition coefficient (Wildman–Crippen LogP) is 2.82. The maximum absolute atomic E-state index is 5.61. The molecule has 2 N–H and O–H groups in total. The second-order valence-corrected chi connectivity index (χ2v) is 3.83. The number of hydrogen-bond donors (Lipinski definition) is 1. The highest BCUT2D eigenvalue weighted by Gasteiger charge is 2.13. The van der Waals surface area contributed by atoms with Crippen molar-refractivity contribution in [3.8, 4) is 0 Å². The molecule has 0 aromatic heterocycles. The molecule has 0 aromatic rings. The van der Waals surface area contributed by atoms with Crippen LogP contribution in [0.4, 0.5) is 0 Å². The Morgan fingerprint density at radius 2 is 1.92 bits per heavy atom. The Morgan fingerprint density at radius 1 is 1.33 bits per heavy atom. The highest BCUT2D eigenvalue weighted by molar-refractivity contribution is 4.80. The molecule has 0 heterocycles. The van der Waals surface area contributed by atoms with Crippen molar-refractivity contribution in [1.82, 2.24) is 0 Å². The monoisotopic (exact) mass is 169 g/mol. The van der Waals surface area contributed by atoms with Crippen LogP contribution in [0.1, 0.15) is 33.6 Å². The van der Waals surface area contributed by atoms with Crippen LogP contribution >= 0.6 is 0 Å². The lowest BCUT2D eigenvalue weighted by Crippen LogP contribution is -2.20. The van der Waals surface area contributed by atoms with Crippen LogP contribution in [0.15, 0.2) is 12.7 Å². The van der Waals surface area contributed by atoms with E-state index in [0.717, 1.165) is 12.5 Å². The largest absolute Gasteiger partial charge is 0.330 e. The van der Waals surface area contributed by atoms with E-state index in [1.54, 1.807) is 0 Å². The standard InChI is InChI=1S/C11H23N/c1-5-11(6-2)7-9(3)10(4)8-12/h5,9-11H,1,6-8,12H2,2-4H3. The van der Waals surface area contributed by atoms with E-state index < -0.39 is 0 Å². The fraction of sp³-hybridized carbons (Fsp3) is 0.818. The molecule has 1 heteroatoms. The summed E-state index contributed by atoms with van der Waals surface area (Å²) in [6.07, 6.45) is 4.50. The van der Waals surface area contributed by atoms with Crippen molar-refractivity contribution in [2.45, 2.75) is 33.6 Å². The molecule has 0 radical (unpaired) electrons. The molecule has 0 aliphatic heterocycles. The molecule has 0 rings (SSSR count). The first-order valence-corrected chi connectivity index (χ1v) is 4.98. The van der Waals surface area contributed by atoms with Crippen LogP contribution in [-0.4, -0.2) is 6.54 Å². The van der Waals surface area contributed by atoms with Crippen molar-refractivity contribution >= 4 is 0 Å². The summed E-state index contributed by atoms with van der Waals surface area (Å²) in [4.78, 5) is 0. The van der Waals surface area contributed by atoms with Gasteiger partial charge in [-0.3, -0.25) is 0 Å². The Bertz CT molecular complexity index is 120. The van der Waals surface area contributed by atoms with Crippen LogP contribution in [-0.2, 0) is 0 Å². The number of hydrogen-bond acceptors (Lipinski definition) is 1. The topological polar surface area (TPSA) is 26.0 Å². The molecule has 3 unspecified atom stereocenters. The van der Waals surface area contributed by atoms with Gasteiger partial charge in [0.2, 0.25) is 0 Å². The van der Waals surface area contributed by atoms with Crippen LogP contribution in [0.5, 0.6) is 0 Å². The molecular formula is C11H23N. The van der Waals surface area contributed by atoms with Gasteiger partial charge in [-0.05, 0) is 37.1 Å². The molecule has 0 aliphatic carbocycles. The van der Waals surface area contributed by atoms with Gasteiger partial charge in [-0.25, -0.2) is 0 Å². The predicted molar refractivity (Wildman–Crippen MR) is 56.0 cm³/mol. The van der Waals surface area contributed by atoms with E-state index in [2.05, 4.69) is 33.4 Å². The summed E-state index contributed by atoms with van der Waals surface area (Å²) in [6.45, 7) is 11.4. The number of nitrogens with two attached hydrogens (primary N) is 1. The molecule has 0 amide bonds. The van der Waals surface area contributed by atoms with Crippen molar-refractivity contribution in [1.29, 1.82) is 0 Å². The van der Waals surface area contributed by atoms with Gasteiger partial charge in [-0.2, -0.15) is 0 Å². The SMILES string of the molecule is C=CC(CC)CC(C)C(C)CN. The van der Waals surface area contributed by atoms with Crippen molar-refractivity contribution in [2.24, 2.45) is 23.5 Å². The van der Waals surface area contributed by atoms with E-state index in [-0.39, 0.29) is 0 Å². The minimum atomic E-state index is 0.638. The summed E-state index contributed by atoms with van der Waals surface area (Å²) in [6, 6.07) is 0. The highest BCUT2D eigenvalue weighted by Crippen LogP contribution is 2.21. The molecule has 72 valence electrons. The quantitative estimate of drug-likeness (QED) is 0.608. The zero-order valence-electron chi connectivity index (χ0n) is 8.72. The van der Waals surface area contributed by atoms with Crippen molar-refractivity contribution < 1.29 is 0 Å². The lowest BCUT2D eigenvalue weighted by molar-refractivity contribution is 0.330.